The van der Waals surface area contributed by atoms with Crippen molar-refractivity contribution < 1.29 is 22.7 Å². The van der Waals surface area contributed by atoms with Crippen molar-refractivity contribution in [1.29, 1.82) is 0 Å². The molecule has 0 bridgehead atoms. The molecule has 1 atom stereocenters. The van der Waals surface area contributed by atoms with Crippen LogP contribution in [-0.2, 0) is 19.6 Å². The average Bonchev–Trinajstić information content (AvgIpc) is 2.45. The summed E-state index contributed by atoms with van der Waals surface area (Å²) in [7, 11) is -2.04. The van der Waals surface area contributed by atoms with Gasteiger partial charge < -0.3 is 14.8 Å². The van der Waals surface area contributed by atoms with Gasteiger partial charge in [-0.25, -0.2) is 8.42 Å². The minimum absolute atomic E-state index is 0.106. The first-order valence-electron chi connectivity index (χ1n) is 6.53. The van der Waals surface area contributed by atoms with Crippen LogP contribution in [0.3, 0.4) is 0 Å². The van der Waals surface area contributed by atoms with Gasteiger partial charge in [0, 0.05) is 18.7 Å². The number of amides is 1. The van der Waals surface area contributed by atoms with Crippen LogP contribution in [0, 0.1) is 0 Å². The van der Waals surface area contributed by atoms with Crippen molar-refractivity contribution in [3.05, 3.63) is 23.2 Å². The van der Waals surface area contributed by atoms with Gasteiger partial charge in [-0.15, -0.1) is 0 Å². The summed E-state index contributed by atoms with van der Waals surface area (Å²) in [6, 6.07) is 4.62. The second kappa shape index (κ2) is 6.72. The highest BCUT2D eigenvalue weighted by molar-refractivity contribution is 7.92. The molecule has 22 heavy (non-hydrogen) atoms. The summed E-state index contributed by atoms with van der Waals surface area (Å²) in [5.41, 5.74) is 0.330. The number of halogens is 1. The fourth-order valence-electron chi connectivity index (χ4n) is 2.07. The van der Waals surface area contributed by atoms with E-state index >= 15 is 0 Å². The summed E-state index contributed by atoms with van der Waals surface area (Å²) >= 11 is 5.91. The van der Waals surface area contributed by atoms with Gasteiger partial charge in [-0.3, -0.25) is 9.10 Å². The Balaban J connectivity index is 2.25. The third-order valence-corrected chi connectivity index (χ3v) is 4.47. The van der Waals surface area contributed by atoms with Gasteiger partial charge in [-0.1, -0.05) is 11.6 Å². The van der Waals surface area contributed by atoms with Crippen molar-refractivity contribution in [2.24, 2.45) is 0 Å². The summed E-state index contributed by atoms with van der Waals surface area (Å²) in [5, 5.41) is 3.02. The number of anilines is 1. The van der Waals surface area contributed by atoms with Crippen LogP contribution in [0.4, 0.5) is 5.69 Å². The highest BCUT2D eigenvalue weighted by atomic mass is 35.5. The Hall–Kier alpha value is -1.51. The largest absolute Gasteiger partial charge is 0.476 e. The summed E-state index contributed by atoms with van der Waals surface area (Å²) in [6.45, 7) is 0.576. The van der Waals surface area contributed by atoms with Crippen LogP contribution in [0.15, 0.2) is 18.2 Å². The number of fused-ring (bicyclic) bond motifs is 1. The Morgan fingerprint density at radius 3 is 2.91 bits per heavy atom. The fraction of sp³-hybridized carbons (Fsp3) is 0.462. The molecule has 0 saturated heterocycles. The van der Waals surface area contributed by atoms with Crippen LogP contribution < -0.4 is 14.4 Å². The van der Waals surface area contributed by atoms with Gasteiger partial charge >= 0.3 is 0 Å². The maximum Gasteiger partial charge on any atom is 0.263 e. The standard InChI is InChI=1S/C13H17ClN2O5S/c1-20-6-5-15-13(17)12-8-16(22(2,18)19)10-7-9(14)3-4-11(10)21-12/h3-4,7,12H,5-6,8H2,1-2H3,(H,15,17). The Bertz CT molecular complexity index is 664. The zero-order chi connectivity index (χ0) is 16.3. The number of rotatable bonds is 5. The second-order valence-electron chi connectivity index (χ2n) is 4.80. The Kier molecular flexibility index (Phi) is 5.15. The van der Waals surface area contributed by atoms with E-state index in [2.05, 4.69) is 5.32 Å². The highest BCUT2D eigenvalue weighted by Gasteiger charge is 2.35. The molecule has 122 valence electrons. The summed E-state index contributed by atoms with van der Waals surface area (Å²) in [4.78, 5) is 12.1. The first-order valence-corrected chi connectivity index (χ1v) is 8.76. The van der Waals surface area contributed by atoms with E-state index in [9.17, 15) is 13.2 Å². The number of nitrogens with one attached hydrogen (secondary N) is 1. The zero-order valence-electron chi connectivity index (χ0n) is 12.2. The lowest BCUT2D eigenvalue weighted by Gasteiger charge is -2.34. The van der Waals surface area contributed by atoms with Crippen LogP contribution in [0.25, 0.3) is 0 Å². The molecule has 0 aliphatic carbocycles. The summed E-state index contributed by atoms with van der Waals surface area (Å²) < 4.78 is 35.5. The third-order valence-electron chi connectivity index (χ3n) is 3.09. The average molecular weight is 349 g/mol. The van der Waals surface area contributed by atoms with Gasteiger partial charge in [-0.2, -0.15) is 0 Å². The van der Waals surface area contributed by atoms with Crippen molar-refractivity contribution in [3.8, 4) is 5.75 Å². The predicted molar refractivity (Wildman–Crippen MR) is 82.9 cm³/mol. The number of carbonyl (C=O) groups excluding carboxylic acids is 1. The topological polar surface area (TPSA) is 84.9 Å². The maximum absolute atomic E-state index is 12.1. The Labute approximate surface area is 134 Å². The normalized spacial score (nSPS) is 17.6. The molecule has 0 saturated carbocycles. The number of benzene rings is 1. The molecule has 1 heterocycles. The number of ether oxygens (including phenoxy) is 2. The van der Waals surface area contributed by atoms with E-state index in [1.807, 2.05) is 0 Å². The summed E-state index contributed by atoms with van der Waals surface area (Å²) in [5.74, 6) is -0.0979. The van der Waals surface area contributed by atoms with Gasteiger partial charge in [0.15, 0.2) is 6.10 Å². The van der Waals surface area contributed by atoms with E-state index in [4.69, 9.17) is 21.1 Å². The lowest BCUT2D eigenvalue weighted by atomic mass is 10.2. The number of nitrogens with zero attached hydrogens (tertiary/aromatic N) is 1. The Morgan fingerprint density at radius 1 is 1.55 bits per heavy atom. The molecule has 1 aromatic rings. The van der Waals surface area contributed by atoms with Gasteiger partial charge in [0.05, 0.1) is 25.1 Å². The van der Waals surface area contributed by atoms with E-state index in [1.54, 1.807) is 12.1 Å². The van der Waals surface area contributed by atoms with E-state index in [1.165, 1.54) is 13.2 Å². The molecular formula is C13H17ClN2O5S. The lowest BCUT2D eigenvalue weighted by molar-refractivity contribution is -0.127. The SMILES string of the molecule is COCCNC(=O)C1CN(S(C)(=O)=O)c2cc(Cl)ccc2O1. The van der Waals surface area contributed by atoms with Crippen LogP contribution in [-0.4, -0.2) is 53.5 Å². The minimum Gasteiger partial charge on any atom is -0.476 e. The van der Waals surface area contributed by atoms with E-state index in [-0.39, 0.29) is 6.54 Å². The number of hydrogen-bond donors (Lipinski definition) is 1. The molecule has 1 aliphatic rings. The molecule has 0 radical (unpaired) electrons. The van der Waals surface area contributed by atoms with Crippen molar-refractivity contribution in [1.82, 2.24) is 5.32 Å². The van der Waals surface area contributed by atoms with Crippen LogP contribution in [0.1, 0.15) is 0 Å². The van der Waals surface area contributed by atoms with Crippen molar-refractivity contribution >= 4 is 33.2 Å². The monoisotopic (exact) mass is 348 g/mol. The smallest absolute Gasteiger partial charge is 0.263 e. The quantitative estimate of drug-likeness (QED) is 0.789. The van der Waals surface area contributed by atoms with E-state index < -0.39 is 22.0 Å². The van der Waals surface area contributed by atoms with Crippen LogP contribution in [0.2, 0.25) is 5.02 Å². The molecule has 1 aromatic carbocycles. The molecule has 1 unspecified atom stereocenters. The zero-order valence-corrected chi connectivity index (χ0v) is 13.8. The minimum atomic E-state index is -3.56. The van der Waals surface area contributed by atoms with Gasteiger partial charge in [-0.05, 0) is 18.2 Å². The van der Waals surface area contributed by atoms with Crippen LogP contribution in [0.5, 0.6) is 5.75 Å². The van der Waals surface area contributed by atoms with Crippen LogP contribution >= 0.6 is 11.6 Å². The first-order chi connectivity index (χ1) is 10.3. The molecule has 0 fully saturated rings. The van der Waals surface area contributed by atoms with Crippen molar-refractivity contribution in [3.63, 3.8) is 0 Å². The second-order valence-corrected chi connectivity index (χ2v) is 7.14. The van der Waals surface area contributed by atoms with Gasteiger partial charge in [0.25, 0.3) is 5.91 Å². The van der Waals surface area contributed by atoms with Crippen molar-refractivity contribution in [2.45, 2.75) is 6.10 Å². The van der Waals surface area contributed by atoms with Crippen molar-refractivity contribution in [2.75, 3.05) is 37.4 Å². The highest BCUT2D eigenvalue weighted by Crippen LogP contribution is 2.36. The van der Waals surface area contributed by atoms with E-state index in [0.717, 1.165) is 10.6 Å². The molecule has 9 heteroatoms. The molecule has 1 N–H and O–H groups in total. The van der Waals surface area contributed by atoms with Gasteiger partial charge in [0.1, 0.15) is 5.75 Å². The summed E-state index contributed by atoms with van der Waals surface area (Å²) in [6.07, 6.45) is 0.142. The van der Waals surface area contributed by atoms with E-state index in [0.29, 0.717) is 29.6 Å². The molecule has 0 spiro atoms. The molecule has 1 amide bonds. The first kappa shape index (κ1) is 16.9. The number of hydrogen-bond acceptors (Lipinski definition) is 5. The molecule has 2 rings (SSSR count). The molecule has 0 aromatic heterocycles. The van der Waals surface area contributed by atoms with Gasteiger partial charge in [0.2, 0.25) is 10.0 Å². The number of methoxy groups -OCH3 is 1. The molecular weight excluding hydrogens is 332 g/mol. The number of carbonyl (C=O) groups is 1. The maximum atomic E-state index is 12.1. The Morgan fingerprint density at radius 2 is 2.27 bits per heavy atom. The molecule has 7 nitrogen and oxygen atoms in total. The molecule has 1 aliphatic heterocycles. The predicted octanol–water partition coefficient (Wildman–Crippen LogP) is 0.630. The lowest BCUT2D eigenvalue weighted by Crippen LogP contribution is -2.50. The third kappa shape index (κ3) is 3.82. The fourth-order valence-corrected chi connectivity index (χ4v) is 3.14. The number of sulfonamides is 1.